The van der Waals surface area contributed by atoms with Crippen LogP contribution in [0, 0.1) is 18.3 Å². The van der Waals surface area contributed by atoms with Gasteiger partial charge in [-0.3, -0.25) is 0 Å². The maximum atomic E-state index is 9.05. The molecule has 3 aromatic rings. The highest BCUT2D eigenvalue weighted by Gasteiger charge is 2.20. The molecule has 0 amide bonds. The molecule has 4 rings (SSSR count). The van der Waals surface area contributed by atoms with E-state index in [1.54, 1.807) is 0 Å². The van der Waals surface area contributed by atoms with Gasteiger partial charge in [0.05, 0.1) is 11.6 Å². The molecule has 3 heteroatoms. The Hall–Kier alpha value is -2.57. The van der Waals surface area contributed by atoms with Crippen molar-refractivity contribution >= 4 is 11.0 Å². The number of aryl methyl sites for hydroxylation is 1. The minimum Gasteiger partial charge on any atom is -0.461 e. The van der Waals surface area contributed by atoms with Gasteiger partial charge in [-0.25, -0.2) is 0 Å². The maximum absolute atomic E-state index is 9.05. The van der Waals surface area contributed by atoms with Crippen molar-refractivity contribution in [3.05, 3.63) is 59.4 Å². The highest BCUT2D eigenvalue weighted by atomic mass is 16.3. The first kappa shape index (κ1) is 16.9. The zero-order valence-electron chi connectivity index (χ0n) is 15.5. The zero-order valence-corrected chi connectivity index (χ0v) is 15.5. The molecule has 1 aliphatic rings. The highest BCUT2D eigenvalue weighted by molar-refractivity contribution is 5.84. The fourth-order valence-electron chi connectivity index (χ4n) is 4.02. The number of benzene rings is 2. The summed E-state index contributed by atoms with van der Waals surface area (Å²) in [4.78, 5) is 2.55. The molecule has 26 heavy (non-hydrogen) atoms. The number of rotatable bonds is 4. The van der Waals surface area contributed by atoms with Gasteiger partial charge in [0.25, 0.3) is 0 Å². The van der Waals surface area contributed by atoms with Crippen LogP contribution in [0.1, 0.15) is 36.7 Å². The van der Waals surface area contributed by atoms with E-state index in [2.05, 4.69) is 49.1 Å². The van der Waals surface area contributed by atoms with E-state index >= 15 is 0 Å². The molecule has 0 spiro atoms. The Morgan fingerprint density at radius 3 is 2.81 bits per heavy atom. The second-order valence-electron chi connectivity index (χ2n) is 7.38. The quantitative estimate of drug-likeness (QED) is 0.644. The third kappa shape index (κ3) is 3.25. The standard InChI is InChI=1S/C23H24N2O/c1-16-12-18(15-24)5-7-22(16)19-6-8-23-20(13-19)14-21(26-23)9-11-25-10-3-4-17(25)2/h5-8,12-14,17H,3-4,9-11H2,1-2H3/t17-/m1/s1. The Morgan fingerprint density at radius 2 is 2.08 bits per heavy atom. The lowest BCUT2D eigenvalue weighted by Crippen LogP contribution is -2.28. The van der Waals surface area contributed by atoms with Gasteiger partial charge in [0.1, 0.15) is 11.3 Å². The number of nitriles is 1. The second kappa shape index (κ2) is 6.97. The van der Waals surface area contributed by atoms with Gasteiger partial charge >= 0.3 is 0 Å². The number of hydrogen-bond acceptors (Lipinski definition) is 3. The van der Waals surface area contributed by atoms with E-state index < -0.39 is 0 Å². The number of likely N-dealkylation sites (tertiary alicyclic amines) is 1. The van der Waals surface area contributed by atoms with Crippen LogP contribution in [0.2, 0.25) is 0 Å². The van der Waals surface area contributed by atoms with Crippen molar-refractivity contribution in [3.8, 4) is 17.2 Å². The summed E-state index contributed by atoms with van der Waals surface area (Å²) in [6, 6.07) is 17.3. The summed E-state index contributed by atoms with van der Waals surface area (Å²) in [5.41, 5.74) is 5.10. The van der Waals surface area contributed by atoms with Crippen molar-refractivity contribution in [2.45, 2.75) is 39.2 Å². The summed E-state index contributed by atoms with van der Waals surface area (Å²) in [6.07, 6.45) is 3.59. The molecule has 1 fully saturated rings. The number of furan rings is 1. The van der Waals surface area contributed by atoms with Crippen molar-refractivity contribution < 1.29 is 4.42 Å². The lowest BCUT2D eigenvalue weighted by molar-refractivity contribution is 0.266. The summed E-state index contributed by atoms with van der Waals surface area (Å²) in [5, 5.41) is 10.2. The molecule has 0 N–H and O–H groups in total. The Labute approximate surface area is 154 Å². The molecule has 1 atom stereocenters. The van der Waals surface area contributed by atoms with Gasteiger partial charge in [-0.05, 0) is 80.3 Å². The highest BCUT2D eigenvalue weighted by Crippen LogP contribution is 2.29. The van der Waals surface area contributed by atoms with Crippen molar-refractivity contribution in [2.75, 3.05) is 13.1 Å². The van der Waals surface area contributed by atoms with Gasteiger partial charge in [0.15, 0.2) is 0 Å². The van der Waals surface area contributed by atoms with Crippen LogP contribution >= 0.6 is 0 Å². The average Bonchev–Trinajstić information content (AvgIpc) is 3.24. The second-order valence-corrected chi connectivity index (χ2v) is 7.38. The van der Waals surface area contributed by atoms with Crippen molar-refractivity contribution in [3.63, 3.8) is 0 Å². The Balaban J connectivity index is 1.57. The summed E-state index contributed by atoms with van der Waals surface area (Å²) in [5.74, 6) is 1.06. The van der Waals surface area contributed by atoms with Gasteiger partial charge in [0, 0.05) is 24.4 Å². The van der Waals surface area contributed by atoms with E-state index in [4.69, 9.17) is 9.68 Å². The van der Waals surface area contributed by atoms with Gasteiger partial charge in [-0.1, -0.05) is 12.1 Å². The largest absolute Gasteiger partial charge is 0.461 e. The minimum absolute atomic E-state index is 0.699. The molecular weight excluding hydrogens is 320 g/mol. The van der Waals surface area contributed by atoms with E-state index in [9.17, 15) is 0 Å². The van der Waals surface area contributed by atoms with Crippen LogP contribution in [0.4, 0.5) is 0 Å². The molecule has 0 radical (unpaired) electrons. The summed E-state index contributed by atoms with van der Waals surface area (Å²) >= 11 is 0. The SMILES string of the molecule is Cc1cc(C#N)ccc1-c1ccc2oc(CCN3CCC[C@H]3C)cc2c1. The van der Waals surface area contributed by atoms with Crippen LogP contribution in [-0.4, -0.2) is 24.0 Å². The van der Waals surface area contributed by atoms with Crippen LogP contribution in [-0.2, 0) is 6.42 Å². The molecule has 0 unspecified atom stereocenters. The van der Waals surface area contributed by atoms with E-state index in [1.807, 2.05) is 18.2 Å². The fourth-order valence-corrected chi connectivity index (χ4v) is 4.02. The predicted octanol–water partition coefficient (Wildman–Crippen LogP) is 5.31. The molecule has 0 bridgehead atoms. The summed E-state index contributed by atoms with van der Waals surface area (Å²) in [7, 11) is 0. The van der Waals surface area contributed by atoms with Crippen molar-refractivity contribution in [1.82, 2.24) is 4.90 Å². The predicted molar refractivity (Wildman–Crippen MR) is 105 cm³/mol. The van der Waals surface area contributed by atoms with Crippen LogP contribution in [0.3, 0.4) is 0 Å². The molecule has 2 aromatic carbocycles. The van der Waals surface area contributed by atoms with Gasteiger partial charge in [-0.2, -0.15) is 5.26 Å². The molecule has 1 aliphatic heterocycles. The Morgan fingerprint density at radius 1 is 1.19 bits per heavy atom. The smallest absolute Gasteiger partial charge is 0.134 e. The first-order chi connectivity index (χ1) is 12.6. The van der Waals surface area contributed by atoms with Crippen LogP contribution < -0.4 is 0 Å². The third-order valence-corrected chi connectivity index (χ3v) is 5.57. The van der Waals surface area contributed by atoms with Gasteiger partial charge < -0.3 is 9.32 Å². The molecule has 3 nitrogen and oxygen atoms in total. The Kier molecular flexibility index (Phi) is 4.53. The molecule has 1 aromatic heterocycles. The molecular formula is C23H24N2O. The summed E-state index contributed by atoms with van der Waals surface area (Å²) < 4.78 is 6.05. The van der Waals surface area contributed by atoms with Crippen molar-refractivity contribution in [2.24, 2.45) is 0 Å². The van der Waals surface area contributed by atoms with Crippen LogP contribution in [0.5, 0.6) is 0 Å². The first-order valence-electron chi connectivity index (χ1n) is 9.42. The molecule has 0 aliphatic carbocycles. The van der Waals surface area contributed by atoms with Gasteiger partial charge in [-0.15, -0.1) is 0 Å². The van der Waals surface area contributed by atoms with E-state index in [0.717, 1.165) is 35.3 Å². The molecule has 132 valence electrons. The topological polar surface area (TPSA) is 40.2 Å². The third-order valence-electron chi connectivity index (χ3n) is 5.57. The van der Waals surface area contributed by atoms with E-state index in [1.165, 1.54) is 30.5 Å². The van der Waals surface area contributed by atoms with Crippen LogP contribution in [0.15, 0.2) is 46.9 Å². The number of fused-ring (bicyclic) bond motifs is 1. The van der Waals surface area contributed by atoms with E-state index in [-0.39, 0.29) is 0 Å². The fraction of sp³-hybridized carbons (Fsp3) is 0.348. The van der Waals surface area contributed by atoms with Crippen LogP contribution in [0.25, 0.3) is 22.1 Å². The van der Waals surface area contributed by atoms with Crippen molar-refractivity contribution in [1.29, 1.82) is 5.26 Å². The Bertz CT molecular complexity index is 980. The minimum atomic E-state index is 0.699. The zero-order chi connectivity index (χ0) is 18.1. The molecule has 2 heterocycles. The lowest BCUT2D eigenvalue weighted by Gasteiger charge is -2.19. The summed E-state index contributed by atoms with van der Waals surface area (Å²) in [6.45, 7) is 6.66. The molecule has 0 saturated carbocycles. The lowest BCUT2D eigenvalue weighted by atomic mass is 9.98. The number of hydrogen-bond donors (Lipinski definition) is 0. The van der Waals surface area contributed by atoms with E-state index in [0.29, 0.717) is 11.6 Å². The molecule has 1 saturated heterocycles. The monoisotopic (exact) mass is 344 g/mol. The average molecular weight is 344 g/mol. The normalized spacial score (nSPS) is 17.7. The first-order valence-corrected chi connectivity index (χ1v) is 9.42. The number of nitrogens with zero attached hydrogens (tertiary/aromatic N) is 2. The maximum Gasteiger partial charge on any atom is 0.134 e. The van der Waals surface area contributed by atoms with Gasteiger partial charge in [0.2, 0.25) is 0 Å².